The topological polar surface area (TPSA) is 69.4 Å². The fraction of sp³-hybridized carbons (Fsp3) is 0.833. The van der Waals surface area contributed by atoms with E-state index in [1.54, 1.807) is 0 Å². The second-order valence-electron chi connectivity index (χ2n) is 5.69. The van der Waals surface area contributed by atoms with Gasteiger partial charge in [-0.25, -0.2) is 5.14 Å². The van der Waals surface area contributed by atoms with E-state index in [0.717, 1.165) is 19.3 Å². The summed E-state index contributed by atoms with van der Waals surface area (Å²) < 4.78 is 26.1. The summed E-state index contributed by atoms with van der Waals surface area (Å²) in [5, 5.41) is 4.82. The predicted molar refractivity (Wildman–Crippen MR) is 66.4 cm³/mol. The summed E-state index contributed by atoms with van der Waals surface area (Å²) in [6.07, 6.45) is 10.0. The first kappa shape index (κ1) is 13.1. The van der Waals surface area contributed by atoms with Crippen LogP contribution in [0.3, 0.4) is 0 Å². The molecule has 5 heteroatoms. The second kappa shape index (κ2) is 4.37. The molecule has 2 N–H and O–H groups in total. The van der Waals surface area contributed by atoms with Crippen molar-refractivity contribution in [1.29, 1.82) is 0 Å². The maximum absolute atomic E-state index is 10.7. The Morgan fingerprint density at radius 3 is 2.53 bits per heavy atom. The second-order valence-corrected chi connectivity index (χ2v) is 6.91. The SMILES string of the molecule is C=C[C@]12CCCC[C@](CCOS(N)(=O)=O)(C1)C2. The molecule has 3 saturated carbocycles. The van der Waals surface area contributed by atoms with E-state index in [0.29, 0.717) is 5.41 Å². The predicted octanol–water partition coefficient (Wildman–Crippen LogP) is 2.12. The molecule has 0 amide bonds. The zero-order valence-electron chi connectivity index (χ0n) is 10.2. The molecule has 98 valence electrons. The number of allylic oxidation sites excluding steroid dienone is 1. The highest BCUT2D eigenvalue weighted by molar-refractivity contribution is 7.84. The molecule has 0 aromatic heterocycles. The molecule has 2 bridgehead atoms. The average Bonchev–Trinajstić information content (AvgIpc) is 2.45. The van der Waals surface area contributed by atoms with E-state index in [1.165, 1.54) is 25.7 Å². The lowest BCUT2D eigenvalue weighted by atomic mass is 9.51. The molecule has 0 atom stereocenters. The van der Waals surface area contributed by atoms with Gasteiger partial charge < -0.3 is 0 Å². The van der Waals surface area contributed by atoms with Gasteiger partial charge in [0.2, 0.25) is 0 Å². The first-order chi connectivity index (χ1) is 7.89. The number of nitrogens with two attached hydrogens (primary N) is 1. The van der Waals surface area contributed by atoms with Gasteiger partial charge in [-0.3, -0.25) is 4.18 Å². The van der Waals surface area contributed by atoms with Crippen LogP contribution < -0.4 is 5.14 Å². The van der Waals surface area contributed by atoms with Gasteiger partial charge >= 0.3 is 10.3 Å². The zero-order chi connectivity index (χ0) is 12.6. The van der Waals surface area contributed by atoms with Crippen molar-refractivity contribution in [3.63, 3.8) is 0 Å². The van der Waals surface area contributed by atoms with Gasteiger partial charge in [-0.1, -0.05) is 18.9 Å². The molecule has 0 saturated heterocycles. The minimum atomic E-state index is -3.78. The van der Waals surface area contributed by atoms with E-state index in [2.05, 4.69) is 16.8 Å². The van der Waals surface area contributed by atoms with Crippen LogP contribution in [0.25, 0.3) is 0 Å². The van der Waals surface area contributed by atoms with Crippen LogP contribution in [0.5, 0.6) is 0 Å². The van der Waals surface area contributed by atoms with Gasteiger partial charge in [0.05, 0.1) is 6.61 Å². The van der Waals surface area contributed by atoms with Crippen molar-refractivity contribution in [2.24, 2.45) is 16.0 Å². The molecule has 0 aromatic carbocycles. The molecule has 3 fully saturated rings. The average molecular weight is 259 g/mol. The number of fused-ring (bicyclic) bond motifs is 3. The molecule has 17 heavy (non-hydrogen) atoms. The van der Waals surface area contributed by atoms with E-state index in [1.807, 2.05) is 0 Å². The molecule has 4 nitrogen and oxygen atoms in total. The smallest absolute Gasteiger partial charge is 0.258 e. The standard InChI is InChI=1S/C12H21NO3S/c1-2-11-5-3-4-6-12(9-11,10-11)7-8-16-17(13,14)15/h2H,1,3-10H2,(H2,13,14,15)/t11-,12-. The Labute approximate surface area is 103 Å². The van der Waals surface area contributed by atoms with E-state index in [4.69, 9.17) is 5.14 Å². The van der Waals surface area contributed by atoms with Crippen LogP contribution in [0.1, 0.15) is 44.9 Å². The largest absolute Gasteiger partial charge is 0.333 e. The first-order valence-corrected chi connectivity index (χ1v) is 7.67. The minimum absolute atomic E-state index is 0.214. The molecular formula is C12H21NO3S. The van der Waals surface area contributed by atoms with Gasteiger partial charge in [-0.15, -0.1) is 6.58 Å². The highest BCUT2D eigenvalue weighted by atomic mass is 32.2. The van der Waals surface area contributed by atoms with Crippen LogP contribution in [0, 0.1) is 10.8 Å². The van der Waals surface area contributed by atoms with Crippen molar-refractivity contribution in [1.82, 2.24) is 0 Å². The van der Waals surface area contributed by atoms with Crippen molar-refractivity contribution in [3.05, 3.63) is 12.7 Å². The lowest BCUT2D eigenvalue weighted by Crippen LogP contribution is -2.44. The Morgan fingerprint density at radius 1 is 1.29 bits per heavy atom. The third kappa shape index (κ3) is 2.89. The van der Waals surface area contributed by atoms with Crippen molar-refractivity contribution >= 4 is 10.3 Å². The van der Waals surface area contributed by atoms with Crippen molar-refractivity contribution in [2.45, 2.75) is 44.9 Å². The van der Waals surface area contributed by atoms with Crippen LogP contribution in [0.4, 0.5) is 0 Å². The van der Waals surface area contributed by atoms with Crippen LogP contribution in [0.2, 0.25) is 0 Å². The highest BCUT2D eigenvalue weighted by Crippen LogP contribution is 2.63. The van der Waals surface area contributed by atoms with Crippen molar-refractivity contribution in [3.8, 4) is 0 Å². The van der Waals surface area contributed by atoms with Gasteiger partial charge in [-0.05, 0) is 42.9 Å². The lowest BCUT2D eigenvalue weighted by molar-refractivity contribution is -0.0151. The fourth-order valence-electron chi connectivity index (χ4n) is 3.70. The summed E-state index contributed by atoms with van der Waals surface area (Å²) in [7, 11) is -3.78. The monoisotopic (exact) mass is 259 g/mol. The molecule has 0 radical (unpaired) electrons. The van der Waals surface area contributed by atoms with Gasteiger partial charge in [0.25, 0.3) is 0 Å². The van der Waals surface area contributed by atoms with E-state index in [9.17, 15) is 8.42 Å². The van der Waals surface area contributed by atoms with Crippen molar-refractivity contribution in [2.75, 3.05) is 6.61 Å². The molecule has 3 rings (SSSR count). The molecule has 0 unspecified atom stereocenters. The van der Waals surface area contributed by atoms with Crippen LogP contribution in [-0.4, -0.2) is 15.0 Å². The van der Waals surface area contributed by atoms with Gasteiger partial charge in [0.15, 0.2) is 0 Å². The minimum Gasteiger partial charge on any atom is -0.258 e. The maximum Gasteiger partial charge on any atom is 0.333 e. The fourth-order valence-corrected chi connectivity index (χ4v) is 4.01. The third-order valence-electron chi connectivity index (χ3n) is 4.40. The van der Waals surface area contributed by atoms with Crippen LogP contribution >= 0.6 is 0 Å². The third-order valence-corrected chi connectivity index (χ3v) is 4.89. The molecule has 0 heterocycles. The molecule has 0 aliphatic heterocycles. The summed E-state index contributed by atoms with van der Waals surface area (Å²) in [6, 6.07) is 0. The van der Waals surface area contributed by atoms with Crippen molar-refractivity contribution < 1.29 is 12.6 Å². The van der Waals surface area contributed by atoms with Gasteiger partial charge in [0.1, 0.15) is 0 Å². The molecule has 0 spiro atoms. The van der Waals surface area contributed by atoms with E-state index < -0.39 is 10.3 Å². The van der Waals surface area contributed by atoms with Gasteiger partial charge in [-0.2, -0.15) is 8.42 Å². The molecule has 0 aromatic rings. The normalized spacial score (nSPS) is 37.0. The summed E-state index contributed by atoms with van der Waals surface area (Å²) in [4.78, 5) is 0. The quantitative estimate of drug-likeness (QED) is 0.769. The van der Waals surface area contributed by atoms with E-state index >= 15 is 0 Å². The summed E-state index contributed by atoms with van der Waals surface area (Å²) >= 11 is 0. The number of hydrogen-bond acceptors (Lipinski definition) is 3. The molecule has 3 aliphatic carbocycles. The van der Waals surface area contributed by atoms with Crippen LogP contribution in [-0.2, 0) is 14.5 Å². The molecule has 3 aliphatic rings. The summed E-state index contributed by atoms with van der Waals surface area (Å²) in [5.41, 5.74) is 0.591. The van der Waals surface area contributed by atoms with E-state index in [-0.39, 0.29) is 12.0 Å². The lowest BCUT2D eigenvalue weighted by Gasteiger charge is -2.54. The maximum atomic E-state index is 10.7. The Kier molecular flexibility index (Phi) is 3.36. The zero-order valence-corrected chi connectivity index (χ0v) is 11.0. The van der Waals surface area contributed by atoms with Crippen LogP contribution in [0.15, 0.2) is 12.7 Å². The number of hydrogen-bond donors (Lipinski definition) is 1. The first-order valence-electron chi connectivity index (χ1n) is 6.20. The number of rotatable bonds is 5. The molecular weight excluding hydrogens is 238 g/mol. The Balaban J connectivity index is 1.91. The summed E-state index contributed by atoms with van der Waals surface area (Å²) in [6.45, 7) is 4.15. The Hall–Kier alpha value is -0.390. The summed E-state index contributed by atoms with van der Waals surface area (Å²) in [5.74, 6) is 0. The Bertz CT molecular complexity index is 396. The Morgan fingerprint density at radius 2 is 1.94 bits per heavy atom. The van der Waals surface area contributed by atoms with Gasteiger partial charge in [0, 0.05) is 0 Å². The highest BCUT2D eigenvalue weighted by Gasteiger charge is 2.53.